The van der Waals surface area contributed by atoms with Crippen molar-refractivity contribution in [3.05, 3.63) is 79.2 Å². The maximum absolute atomic E-state index is 15.4. The van der Waals surface area contributed by atoms with E-state index in [9.17, 15) is 14.7 Å². The van der Waals surface area contributed by atoms with Crippen LogP contribution >= 0.6 is 11.3 Å². The topological polar surface area (TPSA) is 99.4 Å². The number of likely N-dealkylation sites (tertiary alicyclic amines) is 1. The predicted octanol–water partition coefficient (Wildman–Crippen LogP) is 4.93. The number of ether oxygens (including phenoxy) is 1. The van der Waals surface area contributed by atoms with E-state index < -0.39 is 12.4 Å². The van der Waals surface area contributed by atoms with Crippen molar-refractivity contribution in [1.82, 2.24) is 9.47 Å². The number of piperidine rings is 1. The third kappa shape index (κ3) is 5.74. The molecule has 1 unspecified atom stereocenters. The zero-order chi connectivity index (χ0) is 32.9. The molecule has 8 rings (SSSR count). The molecule has 3 aromatic rings. The number of nitrogens with one attached hydrogen (secondary N) is 1. The van der Waals surface area contributed by atoms with Gasteiger partial charge in [0.25, 0.3) is 11.5 Å². The van der Waals surface area contributed by atoms with E-state index in [1.54, 1.807) is 35.5 Å². The monoisotopic (exact) mass is 671 g/mol. The molecule has 252 valence electrons. The maximum atomic E-state index is 15.4. The van der Waals surface area contributed by atoms with Crippen LogP contribution in [0.3, 0.4) is 0 Å². The fraction of sp³-hybridized carbons (Fsp3) is 0.486. The average molecular weight is 672 g/mol. The van der Waals surface area contributed by atoms with Crippen molar-refractivity contribution in [3.63, 3.8) is 0 Å². The molecule has 0 spiro atoms. The van der Waals surface area contributed by atoms with Crippen LogP contribution in [0.1, 0.15) is 56.9 Å². The van der Waals surface area contributed by atoms with Gasteiger partial charge in [0.2, 0.25) is 0 Å². The minimum atomic E-state index is -0.512. The minimum absolute atomic E-state index is 0.136. The number of pyridine rings is 1. The number of nitrogens with zero attached hydrogens (tertiary/aromatic N) is 4. The van der Waals surface area contributed by atoms with Crippen molar-refractivity contribution in [2.75, 3.05) is 49.6 Å². The van der Waals surface area contributed by atoms with Crippen LogP contribution in [0.2, 0.25) is 0 Å². The van der Waals surface area contributed by atoms with Crippen LogP contribution in [-0.4, -0.2) is 71.8 Å². The fourth-order valence-electron chi connectivity index (χ4n) is 8.19. The van der Waals surface area contributed by atoms with Gasteiger partial charge in [0.1, 0.15) is 17.3 Å². The number of benzene rings is 1. The van der Waals surface area contributed by atoms with E-state index in [-0.39, 0.29) is 11.5 Å². The maximum Gasteiger partial charge on any atom is 0.274 e. The van der Waals surface area contributed by atoms with E-state index in [0.717, 1.165) is 75.3 Å². The van der Waals surface area contributed by atoms with Gasteiger partial charge in [0.05, 0.1) is 36.4 Å². The van der Waals surface area contributed by atoms with Crippen molar-refractivity contribution in [2.45, 2.75) is 57.6 Å². The number of amidine groups is 1. The number of aliphatic imine (C=N–C) groups is 1. The van der Waals surface area contributed by atoms with Gasteiger partial charge < -0.3 is 24.6 Å². The standard InChI is InChI=1S/C37H42FN5O4S/c1-41-18-24(14-31(36(41)45)40-34-7-6-23(17-39-34)22-8-11-42(12-9-22)26-20-47-21-26)29-15-25(38)16-32(30(29)19-44)43-13-10-28-27-4-2-3-5-33(27)48-35(28)37(43)46/h6-7,14-16,18,22-23,26,44H,2-5,8-13,17,19-21H2,1H3,(H,39,40). The van der Waals surface area contributed by atoms with Crippen LogP contribution in [0.5, 0.6) is 0 Å². The Kier molecular flexibility index (Phi) is 8.56. The lowest BCUT2D eigenvalue weighted by Gasteiger charge is -2.42. The number of aryl methyl sites for hydroxylation is 2. The molecular formula is C37H42FN5O4S. The highest BCUT2D eigenvalue weighted by molar-refractivity contribution is 7.14. The molecule has 2 saturated heterocycles. The average Bonchev–Trinajstić information content (AvgIpc) is 3.46. The number of hydrogen-bond acceptors (Lipinski definition) is 8. The normalized spacial score (nSPS) is 21.9. The summed E-state index contributed by atoms with van der Waals surface area (Å²) in [6, 6.07) is 4.98. The Morgan fingerprint density at radius 1 is 1.06 bits per heavy atom. The summed E-state index contributed by atoms with van der Waals surface area (Å²) in [5.74, 6) is 0.921. The largest absolute Gasteiger partial charge is 0.392 e. The molecular weight excluding hydrogens is 630 g/mol. The summed E-state index contributed by atoms with van der Waals surface area (Å²) in [4.78, 5) is 38.2. The van der Waals surface area contributed by atoms with Gasteiger partial charge >= 0.3 is 0 Å². The van der Waals surface area contributed by atoms with Gasteiger partial charge in [-0.25, -0.2) is 4.39 Å². The van der Waals surface area contributed by atoms with Gasteiger partial charge in [-0.2, -0.15) is 0 Å². The second-order valence-electron chi connectivity index (χ2n) is 13.8. The number of hydrogen-bond donors (Lipinski definition) is 2. The lowest BCUT2D eigenvalue weighted by Crippen LogP contribution is -2.52. The predicted molar refractivity (Wildman–Crippen MR) is 187 cm³/mol. The number of thiophene rings is 1. The van der Waals surface area contributed by atoms with E-state index >= 15 is 4.39 Å². The summed E-state index contributed by atoms with van der Waals surface area (Å²) in [5.41, 5.74) is 4.39. The van der Waals surface area contributed by atoms with E-state index in [4.69, 9.17) is 9.73 Å². The summed E-state index contributed by atoms with van der Waals surface area (Å²) < 4.78 is 22.2. The first-order valence-electron chi connectivity index (χ1n) is 17.3. The number of carbonyl (C=O) groups is 1. The van der Waals surface area contributed by atoms with Crippen molar-refractivity contribution >= 4 is 34.5 Å². The molecule has 48 heavy (non-hydrogen) atoms. The van der Waals surface area contributed by atoms with Crippen molar-refractivity contribution in [1.29, 1.82) is 0 Å². The van der Waals surface area contributed by atoms with Gasteiger partial charge in [0, 0.05) is 42.3 Å². The molecule has 0 radical (unpaired) electrons. The Morgan fingerprint density at radius 2 is 1.88 bits per heavy atom. The Bertz CT molecular complexity index is 1870. The molecule has 1 atom stereocenters. The van der Waals surface area contributed by atoms with E-state index in [2.05, 4.69) is 16.3 Å². The number of aromatic nitrogens is 1. The first-order valence-corrected chi connectivity index (χ1v) is 18.1. The molecule has 0 saturated carbocycles. The molecule has 2 aromatic heterocycles. The molecule has 2 fully saturated rings. The number of anilines is 2. The third-order valence-electron chi connectivity index (χ3n) is 11.0. The SMILES string of the molecule is Cn1cc(-c2cc(F)cc(N3CCc4c(sc5c4CCCC5)C3=O)c2CO)cc(NC2=NCC(C3CCN(C4COC4)CC3)C=C2)c1=O. The lowest BCUT2D eigenvalue weighted by molar-refractivity contribution is -0.0750. The number of aliphatic hydroxyl groups is 1. The second kappa shape index (κ2) is 13.0. The number of fused-ring (bicyclic) bond motifs is 3. The van der Waals surface area contributed by atoms with Crippen LogP contribution in [0.4, 0.5) is 15.8 Å². The van der Waals surface area contributed by atoms with Crippen molar-refractivity contribution < 1.29 is 19.0 Å². The number of halogens is 1. The zero-order valence-electron chi connectivity index (χ0n) is 27.3. The van der Waals surface area contributed by atoms with E-state index in [0.29, 0.717) is 71.3 Å². The molecule has 2 N–H and O–H groups in total. The van der Waals surface area contributed by atoms with Crippen LogP contribution < -0.4 is 15.8 Å². The van der Waals surface area contributed by atoms with Crippen molar-refractivity contribution in [3.8, 4) is 11.1 Å². The first kappa shape index (κ1) is 31.6. The molecule has 1 aliphatic carbocycles. The van der Waals surface area contributed by atoms with Gasteiger partial charge in [-0.1, -0.05) is 6.08 Å². The minimum Gasteiger partial charge on any atom is -0.392 e. The number of dihydropyridines is 1. The van der Waals surface area contributed by atoms with Crippen LogP contribution in [0.15, 0.2) is 46.3 Å². The molecule has 0 bridgehead atoms. The Balaban J connectivity index is 1.03. The Morgan fingerprint density at radius 3 is 2.60 bits per heavy atom. The summed E-state index contributed by atoms with van der Waals surface area (Å²) in [5, 5.41) is 13.9. The summed E-state index contributed by atoms with van der Waals surface area (Å²) in [6.45, 7) is 4.60. The number of rotatable bonds is 6. The number of carbonyl (C=O) groups excluding carboxylic acids is 1. The van der Waals surface area contributed by atoms with Gasteiger partial charge in [-0.05, 0) is 111 Å². The summed E-state index contributed by atoms with van der Waals surface area (Å²) >= 11 is 1.58. The zero-order valence-corrected chi connectivity index (χ0v) is 28.2. The molecule has 4 aliphatic heterocycles. The Hall–Kier alpha value is -3.64. The summed E-state index contributed by atoms with van der Waals surface area (Å²) in [7, 11) is 1.65. The molecule has 5 aliphatic rings. The quantitative estimate of drug-likeness (QED) is 0.386. The third-order valence-corrected chi connectivity index (χ3v) is 12.3. The van der Waals surface area contributed by atoms with Crippen LogP contribution in [-0.2, 0) is 37.7 Å². The number of amides is 1. The van der Waals surface area contributed by atoms with Crippen molar-refractivity contribution in [2.24, 2.45) is 23.9 Å². The molecule has 11 heteroatoms. The van der Waals surface area contributed by atoms with Crippen LogP contribution in [0, 0.1) is 17.7 Å². The van der Waals surface area contributed by atoms with E-state index in [1.165, 1.54) is 27.1 Å². The lowest BCUT2D eigenvalue weighted by atomic mass is 9.83. The van der Waals surface area contributed by atoms with Gasteiger partial charge in [-0.3, -0.25) is 19.5 Å². The first-order chi connectivity index (χ1) is 23.4. The molecule has 1 aromatic carbocycles. The van der Waals surface area contributed by atoms with Gasteiger partial charge in [0.15, 0.2) is 0 Å². The fourth-order valence-corrected chi connectivity index (χ4v) is 9.57. The van der Waals surface area contributed by atoms with Crippen LogP contribution in [0.25, 0.3) is 11.1 Å². The second-order valence-corrected chi connectivity index (χ2v) is 14.9. The molecule has 9 nitrogen and oxygen atoms in total. The molecule has 1 amide bonds. The highest BCUT2D eigenvalue weighted by Gasteiger charge is 2.34. The smallest absolute Gasteiger partial charge is 0.274 e. The van der Waals surface area contributed by atoms with Gasteiger partial charge in [-0.15, -0.1) is 11.3 Å². The Labute approximate surface area is 283 Å². The molecule has 6 heterocycles. The highest BCUT2D eigenvalue weighted by Crippen LogP contribution is 2.41. The highest BCUT2D eigenvalue weighted by atomic mass is 32.1. The summed E-state index contributed by atoms with van der Waals surface area (Å²) in [6.07, 6.45) is 13.1. The number of aliphatic hydroxyl groups excluding tert-OH is 1. The van der Waals surface area contributed by atoms with E-state index in [1.807, 2.05) is 6.08 Å².